The first kappa shape index (κ1) is 11.8. The zero-order valence-corrected chi connectivity index (χ0v) is 10.6. The van der Waals surface area contributed by atoms with Crippen molar-refractivity contribution >= 4 is 16.5 Å². The number of aromatic nitrogens is 1. The summed E-state index contributed by atoms with van der Waals surface area (Å²) >= 11 is 1.60. The molecule has 0 saturated carbocycles. The maximum atomic E-state index is 9.23. The van der Waals surface area contributed by atoms with Crippen molar-refractivity contribution in [2.45, 2.75) is 32.5 Å². The SMILES string of the molecule is CCc1nc(N2CCC(OC)C2)sc1CO. The zero-order chi connectivity index (χ0) is 11.5. The first-order valence-electron chi connectivity index (χ1n) is 5.65. The minimum atomic E-state index is 0.0996. The molecule has 2 rings (SSSR count). The molecule has 0 amide bonds. The van der Waals surface area contributed by atoms with Crippen molar-refractivity contribution in [1.29, 1.82) is 0 Å². The number of hydrogen-bond donors (Lipinski definition) is 1. The third kappa shape index (κ3) is 2.21. The number of aliphatic hydroxyl groups is 1. The summed E-state index contributed by atoms with van der Waals surface area (Å²) in [6.45, 7) is 4.08. The standard InChI is InChI=1S/C11H18N2O2S/c1-3-9-10(7-14)16-11(12-9)13-5-4-8(6-13)15-2/h8,14H,3-7H2,1-2H3. The first-order valence-corrected chi connectivity index (χ1v) is 6.47. The second-order valence-corrected chi connectivity index (χ2v) is 5.03. The second kappa shape index (κ2) is 5.12. The monoisotopic (exact) mass is 242 g/mol. The highest BCUT2D eigenvalue weighted by Crippen LogP contribution is 2.29. The van der Waals surface area contributed by atoms with Crippen molar-refractivity contribution in [2.24, 2.45) is 0 Å². The Balaban J connectivity index is 2.12. The van der Waals surface area contributed by atoms with Gasteiger partial charge in [0.1, 0.15) is 0 Å². The number of rotatable bonds is 4. The van der Waals surface area contributed by atoms with Crippen LogP contribution in [-0.2, 0) is 17.8 Å². The van der Waals surface area contributed by atoms with E-state index in [4.69, 9.17) is 4.74 Å². The lowest BCUT2D eigenvalue weighted by Gasteiger charge is -2.13. The fraction of sp³-hybridized carbons (Fsp3) is 0.727. The maximum absolute atomic E-state index is 9.23. The molecule has 0 bridgehead atoms. The number of nitrogens with zero attached hydrogens (tertiary/aromatic N) is 2. The molecule has 2 heterocycles. The Bertz CT molecular complexity index is 332. The Hall–Kier alpha value is -0.650. The van der Waals surface area contributed by atoms with Gasteiger partial charge in [0, 0.05) is 20.2 Å². The van der Waals surface area contributed by atoms with Gasteiger partial charge < -0.3 is 14.7 Å². The highest BCUT2D eigenvalue weighted by molar-refractivity contribution is 7.15. The summed E-state index contributed by atoms with van der Waals surface area (Å²) in [5, 5.41) is 10.3. The molecular formula is C11H18N2O2S. The largest absolute Gasteiger partial charge is 0.391 e. The molecule has 1 fully saturated rings. The quantitative estimate of drug-likeness (QED) is 0.867. The Kier molecular flexibility index (Phi) is 3.78. The zero-order valence-electron chi connectivity index (χ0n) is 9.77. The summed E-state index contributed by atoms with van der Waals surface area (Å²) in [6, 6.07) is 0. The van der Waals surface area contributed by atoms with Crippen LogP contribution in [-0.4, -0.2) is 36.4 Å². The van der Waals surface area contributed by atoms with Gasteiger partial charge in [-0.3, -0.25) is 0 Å². The summed E-state index contributed by atoms with van der Waals surface area (Å²) in [5.74, 6) is 0. The van der Waals surface area contributed by atoms with E-state index in [-0.39, 0.29) is 6.61 Å². The topological polar surface area (TPSA) is 45.6 Å². The van der Waals surface area contributed by atoms with Gasteiger partial charge in [-0.2, -0.15) is 0 Å². The number of anilines is 1. The first-order chi connectivity index (χ1) is 7.78. The Morgan fingerprint density at radius 2 is 2.44 bits per heavy atom. The third-order valence-corrected chi connectivity index (χ3v) is 4.14. The predicted molar refractivity (Wildman–Crippen MR) is 65.0 cm³/mol. The van der Waals surface area contributed by atoms with E-state index in [0.717, 1.165) is 41.6 Å². The molecule has 1 saturated heterocycles. The molecule has 5 heteroatoms. The van der Waals surface area contributed by atoms with E-state index in [1.165, 1.54) is 0 Å². The number of aryl methyl sites for hydroxylation is 1. The van der Waals surface area contributed by atoms with Crippen molar-refractivity contribution in [3.05, 3.63) is 10.6 Å². The Labute approximate surface area is 99.9 Å². The fourth-order valence-electron chi connectivity index (χ4n) is 2.00. The van der Waals surface area contributed by atoms with Crippen molar-refractivity contribution in [3.8, 4) is 0 Å². The average Bonchev–Trinajstić information content (AvgIpc) is 2.94. The molecule has 1 aliphatic heterocycles. The molecule has 1 N–H and O–H groups in total. The molecule has 0 spiro atoms. The van der Waals surface area contributed by atoms with E-state index in [2.05, 4.69) is 16.8 Å². The minimum Gasteiger partial charge on any atom is -0.391 e. The smallest absolute Gasteiger partial charge is 0.185 e. The molecule has 1 unspecified atom stereocenters. The van der Waals surface area contributed by atoms with Crippen LogP contribution in [0.25, 0.3) is 0 Å². The molecule has 1 aromatic rings. The number of hydrogen-bond acceptors (Lipinski definition) is 5. The minimum absolute atomic E-state index is 0.0996. The van der Waals surface area contributed by atoms with Crippen molar-refractivity contribution < 1.29 is 9.84 Å². The summed E-state index contributed by atoms with van der Waals surface area (Å²) in [5.41, 5.74) is 1.03. The molecule has 16 heavy (non-hydrogen) atoms. The van der Waals surface area contributed by atoms with Crippen LogP contribution >= 0.6 is 11.3 Å². The molecule has 1 aliphatic rings. The van der Waals surface area contributed by atoms with E-state index in [9.17, 15) is 5.11 Å². The number of methoxy groups -OCH3 is 1. The molecule has 0 aromatic carbocycles. The molecule has 0 aliphatic carbocycles. The predicted octanol–water partition coefficient (Wildman–Crippen LogP) is 1.42. The van der Waals surface area contributed by atoms with Crippen LogP contribution in [0.2, 0.25) is 0 Å². The van der Waals surface area contributed by atoms with Crippen LogP contribution in [0.5, 0.6) is 0 Å². The van der Waals surface area contributed by atoms with Crippen LogP contribution in [0, 0.1) is 0 Å². The summed E-state index contributed by atoms with van der Waals surface area (Å²) < 4.78 is 5.34. The van der Waals surface area contributed by atoms with E-state index in [0.29, 0.717) is 6.10 Å². The Morgan fingerprint density at radius 1 is 1.62 bits per heavy atom. The lowest BCUT2D eigenvalue weighted by atomic mass is 10.3. The van der Waals surface area contributed by atoms with Gasteiger partial charge in [0.05, 0.1) is 23.3 Å². The van der Waals surface area contributed by atoms with Gasteiger partial charge in [0.25, 0.3) is 0 Å². The van der Waals surface area contributed by atoms with E-state index in [1.54, 1.807) is 18.4 Å². The van der Waals surface area contributed by atoms with E-state index >= 15 is 0 Å². The van der Waals surface area contributed by atoms with Crippen LogP contribution in [0.4, 0.5) is 5.13 Å². The molecule has 90 valence electrons. The number of thiazole rings is 1. The normalized spacial score (nSPS) is 20.7. The van der Waals surface area contributed by atoms with Crippen molar-refractivity contribution in [3.63, 3.8) is 0 Å². The highest BCUT2D eigenvalue weighted by atomic mass is 32.1. The van der Waals surface area contributed by atoms with Crippen LogP contribution in [0.3, 0.4) is 0 Å². The van der Waals surface area contributed by atoms with Crippen LogP contribution in [0.15, 0.2) is 0 Å². The molecule has 4 nitrogen and oxygen atoms in total. The average molecular weight is 242 g/mol. The fourth-order valence-corrected chi connectivity index (χ4v) is 3.04. The van der Waals surface area contributed by atoms with Crippen LogP contribution in [0.1, 0.15) is 23.9 Å². The van der Waals surface area contributed by atoms with Gasteiger partial charge in [0.15, 0.2) is 5.13 Å². The molecular weight excluding hydrogens is 224 g/mol. The van der Waals surface area contributed by atoms with Crippen LogP contribution < -0.4 is 4.90 Å². The summed E-state index contributed by atoms with van der Waals surface area (Å²) in [7, 11) is 1.76. The Morgan fingerprint density at radius 3 is 2.94 bits per heavy atom. The molecule has 1 atom stereocenters. The van der Waals surface area contributed by atoms with Crippen molar-refractivity contribution in [2.75, 3.05) is 25.1 Å². The van der Waals surface area contributed by atoms with Gasteiger partial charge in [-0.25, -0.2) is 4.98 Å². The van der Waals surface area contributed by atoms with Gasteiger partial charge >= 0.3 is 0 Å². The molecule has 0 radical (unpaired) electrons. The summed E-state index contributed by atoms with van der Waals surface area (Å²) in [4.78, 5) is 7.82. The van der Waals surface area contributed by atoms with Gasteiger partial charge in [-0.1, -0.05) is 18.3 Å². The maximum Gasteiger partial charge on any atom is 0.185 e. The summed E-state index contributed by atoms with van der Waals surface area (Å²) in [6.07, 6.45) is 2.27. The number of ether oxygens (including phenoxy) is 1. The third-order valence-electron chi connectivity index (χ3n) is 2.99. The lowest BCUT2D eigenvalue weighted by molar-refractivity contribution is 0.121. The lowest BCUT2D eigenvalue weighted by Crippen LogP contribution is -2.21. The van der Waals surface area contributed by atoms with Gasteiger partial charge in [0.2, 0.25) is 0 Å². The van der Waals surface area contributed by atoms with Gasteiger partial charge in [-0.15, -0.1) is 0 Å². The number of aliphatic hydroxyl groups excluding tert-OH is 1. The van der Waals surface area contributed by atoms with Gasteiger partial charge in [-0.05, 0) is 12.8 Å². The van der Waals surface area contributed by atoms with E-state index in [1.807, 2.05) is 0 Å². The molecule has 1 aromatic heterocycles. The van der Waals surface area contributed by atoms with Crippen molar-refractivity contribution in [1.82, 2.24) is 4.98 Å². The second-order valence-electron chi connectivity index (χ2n) is 3.97. The highest BCUT2D eigenvalue weighted by Gasteiger charge is 2.25. The van der Waals surface area contributed by atoms with E-state index < -0.39 is 0 Å².